The minimum atomic E-state index is -0.113. The molecular formula is C33H49N9O2. The van der Waals surface area contributed by atoms with E-state index in [0.717, 1.165) is 75.4 Å². The molecule has 0 radical (unpaired) electrons. The van der Waals surface area contributed by atoms with E-state index in [-0.39, 0.29) is 12.0 Å². The molecule has 11 nitrogen and oxygen atoms in total. The van der Waals surface area contributed by atoms with Gasteiger partial charge in [0.1, 0.15) is 6.10 Å². The number of carbonyl (C=O) groups is 1. The van der Waals surface area contributed by atoms with Gasteiger partial charge in [0, 0.05) is 56.1 Å². The number of hydrogen-bond acceptors (Lipinski definition) is 9. The average molecular weight is 604 g/mol. The van der Waals surface area contributed by atoms with E-state index in [2.05, 4.69) is 58.6 Å². The Morgan fingerprint density at radius 1 is 1.09 bits per heavy atom. The number of benzene rings is 1. The molecule has 0 saturated carbocycles. The molecule has 11 heteroatoms. The van der Waals surface area contributed by atoms with Crippen molar-refractivity contribution >= 4 is 23.2 Å². The summed E-state index contributed by atoms with van der Waals surface area (Å²) in [6.07, 6.45) is 10.9. The van der Waals surface area contributed by atoms with Crippen molar-refractivity contribution in [1.82, 2.24) is 34.3 Å². The van der Waals surface area contributed by atoms with Crippen LogP contribution in [0, 0.1) is 0 Å². The van der Waals surface area contributed by atoms with Crippen LogP contribution in [0.15, 0.2) is 42.6 Å². The predicted octanol–water partition coefficient (Wildman–Crippen LogP) is 4.24. The van der Waals surface area contributed by atoms with Crippen molar-refractivity contribution in [2.24, 2.45) is 0 Å². The molecule has 238 valence electrons. The van der Waals surface area contributed by atoms with E-state index in [9.17, 15) is 4.79 Å². The third-order valence-electron chi connectivity index (χ3n) is 8.53. The van der Waals surface area contributed by atoms with Gasteiger partial charge in [0.2, 0.25) is 11.9 Å². The number of ether oxygens (including phenoxy) is 1. The highest BCUT2D eigenvalue weighted by Crippen LogP contribution is 2.26. The van der Waals surface area contributed by atoms with Crippen LogP contribution < -0.4 is 15.4 Å². The molecule has 1 atom stereocenters. The Kier molecular flexibility index (Phi) is 10.8. The Balaban J connectivity index is 1.24. The van der Waals surface area contributed by atoms with Crippen LogP contribution in [0.25, 0.3) is 5.65 Å². The first kappa shape index (κ1) is 31.9. The number of piperidine rings is 2. The maximum Gasteiger partial charge on any atom is 0.322 e. The lowest BCUT2D eigenvalue weighted by Crippen LogP contribution is -2.43. The zero-order chi connectivity index (χ0) is 31.1. The predicted molar refractivity (Wildman–Crippen MR) is 175 cm³/mol. The molecule has 2 aliphatic rings. The third-order valence-corrected chi connectivity index (χ3v) is 8.53. The van der Waals surface area contributed by atoms with Gasteiger partial charge in [0.25, 0.3) is 0 Å². The molecule has 44 heavy (non-hydrogen) atoms. The number of amides is 1. The number of likely N-dealkylation sites (tertiary alicyclic amines) is 2. The molecule has 2 aliphatic heterocycles. The van der Waals surface area contributed by atoms with Crippen LogP contribution in [0.4, 0.5) is 11.6 Å². The van der Waals surface area contributed by atoms with Crippen molar-refractivity contribution in [2.45, 2.75) is 70.6 Å². The highest BCUT2D eigenvalue weighted by atomic mass is 16.5. The Labute approximate surface area is 261 Å². The van der Waals surface area contributed by atoms with Crippen molar-refractivity contribution in [3.8, 4) is 6.01 Å². The number of rotatable bonds is 12. The van der Waals surface area contributed by atoms with Gasteiger partial charge in [-0.2, -0.15) is 19.6 Å². The summed E-state index contributed by atoms with van der Waals surface area (Å²) in [6.45, 7) is 9.74. The van der Waals surface area contributed by atoms with Crippen molar-refractivity contribution in [3.63, 3.8) is 0 Å². The molecule has 0 bridgehead atoms. The van der Waals surface area contributed by atoms with Crippen LogP contribution in [-0.4, -0.2) is 106 Å². The number of nitrogens with one attached hydrogen (secondary N) is 2. The first-order valence-electron chi connectivity index (χ1n) is 16.0. The third kappa shape index (κ3) is 8.55. The van der Waals surface area contributed by atoms with Gasteiger partial charge in [0.05, 0.1) is 6.20 Å². The fraction of sp³-hybridized carbons (Fsp3) is 0.576. The zero-order valence-corrected chi connectivity index (χ0v) is 27.0. The van der Waals surface area contributed by atoms with Gasteiger partial charge >= 0.3 is 6.01 Å². The molecule has 0 aliphatic carbocycles. The first-order chi connectivity index (χ1) is 21.2. The topological polar surface area (TPSA) is 103 Å². The summed E-state index contributed by atoms with van der Waals surface area (Å²) in [5.41, 5.74) is 3.93. The number of fused-ring (bicyclic) bond motifs is 1. The van der Waals surface area contributed by atoms with Crippen LogP contribution in [0.2, 0.25) is 0 Å². The highest BCUT2D eigenvalue weighted by Gasteiger charge is 2.25. The van der Waals surface area contributed by atoms with Crippen molar-refractivity contribution in [1.29, 1.82) is 0 Å². The van der Waals surface area contributed by atoms with E-state index in [1.54, 1.807) is 6.08 Å². The van der Waals surface area contributed by atoms with Gasteiger partial charge in [-0.15, -0.1) is 0 Å². The van der Waals surface area contributed by atoms with Gasteiger partial charge in [0.15, 0.2) is 5.65 Å². The molecule has 1 unspecified atom stereocenters. The SMILES string of the molecule is CC(C)c1cnn2c(NCC3CCCCN3Cc3ccc(NC(=O)/C=C/CN(C)C)cc3)nc(OC3CCN(C)CC3)nc12. The zero-order valence-electron chi connectivity index (χ0n) is 27.0. The molecule has 1 aromatic carbocycles. The Morgan fingerprint density at radius 2 is 1.86 bits per heavy atom. The highest BCUT2D eigenvalue weighted by molar-refractivity contribution is 5.99. The lowest BCUT2D eigenvalue weighted by atomic mass is 10.0. The van der Waals surface area contributed by atoms with Crippen LogP contribution in [0.5, 0.6) is 6.01 Å². The number of carbonyl (C=O) groups excluding carboxylic acids is 1. The van der Waals surface area contributed by atoms with Gasteiger partial charge in [-0.1, -0.05) is 38.5 Å². The quantitative estimate of drug-likeness (QED) is 0.294. The van der Waals surface area contributed by atoms with E-state index in [0.29, 0.717) is 23.9 Å². The fourth-order valence-electron chi connectivity index (χ4n) is 5.89. The normalized spacial score (nSPS) is 18.9. The van der Waals surface area contributed by atoms with Crippen molar-refractivity contribution < 1.29 is 9.53 Å². The van der Waals surface area contributed by atoms with Gasteiger partial charge in [-0.05, 0) is 77.0 Å². The molecule has 3 aromatic rings. The number of aromatic nitrogens is 4. The van der Waals surface area contributed by atoms with E-state index < -0.39 is 0 Å². The maximum atomic E-state index is 12.2. The van der Waals surface area contributed by atoms with E-state index in [1.807, 2.05) is 47.9 Å². The second kappa shape index (κ2) is 15.0. The Bertz CT molecular complexity index is 1390. The van der Waals surface area contributed by atoms with Crippen molar-refractivity contribution in [3.05, 3.63) is 53.7 Å². The van der Waals surface area contributed by atoms with Gasteiger partial charge in [-0.3, -0.25) is 9.69 Å². The Hall–Kier alpha value is -3.54. The summed E-state index contributed by atoms with van der Waals surface area (Å²) in [7, 11) is 6.10. The summed E-state index contributed by atoms with van der Waals surface area (Å²) in [4.78, 5) is 28.7. The molecule has 2 N–H and O–H groups in total. The fourth-order valence-corrected chi connectivity index (χ4v) is 5.89. The largest absolute Gasteiger partial charge is 0.460 e. The number of nitrogens with zero attached hydrogens (tertiary/aromatic N) is 7. The molecule has 1 amide bonds. The minimum Gasteiger partial charge on any atom is -0.460 e. The molecular weight excluding hydrogens is 554 g/mol. The van der Waals surface area contributed by atoms with Crippen LogP contribution >= 0.6 is 0 Å². The summed E-state index contributed by atoms with van der Waals surface area (Å²) >= 11 is 0. The summed E-state index contributed by atoms with van der Waals surface area (Å²) < 4.78 is 8.16. The molecule has 0 spiro atoms. The smallest absolute Gasteiger partial charge is 0.322 e. The van der Waals surface area contributed by atoms with E-state index in [4.69, 9.17) is 14.7 Å². The van der Waals surface area contributed by atoms with Crippen molar-refractivity contribution in [2.75, 3.05) is 64.5 Å². The Morgan fingerprint density at radius 3 is 2.59 bits per heavy atom. The van der Waals surface area contributed by atoms with E-state index in [1.165, 1.54) is 18.4 Å². The molecule has 2 aromatic heterocycles. The maximum absolute atomic E-state index is 12.2. The summed E-state index contributed by atoms with van der Waals surface area (Å²) in [5.74, 6) is 0.854. The van der Waals surface area contributed by atoms with Crippen LogP contribution in [-0.2, 0) is 11.3 Å². The second-order valence-electron chi connectivity index (χ2n) is 12.8. The van der Waals surface area contributed by atoms with Gasteiger partial charge < -0.3 is 25.2 Å². The van der Waals surface area contributed by atoms with Gasteiger partial charge in [-0.25, -0.2) is 0 Å². The van der Waals surface area contributed by atoms with Crippen LogP contribution in [0.1, 0.15) is 63.0 Å². The molecule has 2 saturated heterocycles. The average Bonchev–Trinajstić information content (AvgIpc) is 3.43. The minimum absolute atomic E-state index is 0.113. The summed E-state index contributed by atoms with van der Waals surface area (Å²) in [5, 5.41) is 11.2. The molecule has 4 heterocycles. The number of anilines is 2. The molecule has 2 fully saturated rings. The molecule has 5 rings (SSSR count). The monoisotopic (exact) mass is 603 g/mol. The first-order valence-corrected chi connectivity index (χ1v) is 16.0. The number of likely N-dealkylation sites (N-methyl/N-ethyl adjacent to an activating group) is 1. The number of hydrogen-bond donors (Lipinski definition) is 2. The second-order valence-corrected chi connectivity index (χ2v) is 12.8. The standard InChI is InChI=1S/C33H49N9O2/c1-24(2)29-22-35-42-31(29)37-33(44-28-15-19-40(5)20-16-28)38-32(42)34-21-27-9-6-7-18-41(27)23-25-11-13-26(14-12-25)36-30(43)10-8-17-39(3)4/h8,10-14,22,24,27-28H,6-7,9,15-21,23H2,1-5H3,(H,36,43)(H,34,37,38)/b10-8+. The lowest BCUT2D eigenvalue weighted by Gasteiger charge is -2.36. The summed E-state index contributed by atoms with van der Waals surface area (Å²) in [6, 6.07) is 8.97. The lowest BCUT2D eigenvalue weighted by molar-refractivity contribution is -0.111. The van der Waals surface area contributed by atoms with E-state index >= 15 is 0 Å². The van der Waals surface area contributed by atoms with Crippen LogP contribution in [0.3, 0.4) is 0 Å².